The van der Waals surface area contributed by atoms with Crippen LogP contribution in [0.15, 0.2) is 0 Å². The predicted molar refractivity (Wildman–Crippen MR) is 85.7 cm³/mol. The fraction of sp³-hybridized carbons (Fsp3) is 0.889. The van der Waals surface area contributed by atoms with Gasteiger partial charge in [-0.05, 0) is 51.5 Å². The summed E-state index contributed by atoms with van der Waals surface area (Å²) in [5, 5.41) is 0. The maximum absolute atomic E-state index is 6.13. The van der Waals surface area contributed by atoms with Crippen molar-refractivity contribution in [1.29, 1.82) is 0 Å². The summed E-state index contributed by atoms with van der Waals surface area (Å²) in [6, 6.07) is 0. The van der Waals surface area contributed by atoms with Crippen LogP contribution in [0, 0.1) is 11.8 Å². The average Bonchev–Trinajstić information content (AvgIpc) is 2.45. The van der Waals surface area contributed by atoms with E-state index in [1.165, 1.54) is 32.1 Å². The summed E-state index contributed by atoms with van der Waals surface area (Å²) in [6.45, 7) is 3.60. The van der Waals surface area contributed by atoms with Gasteiger partial charge in [-0.2, -0.15) is 0 Å². The zero-order valence-electron chi connectivity index (χ0n) is 13.8. The highest BCUT2D eigenvalue weighted by Gasteiger charge is 2.29. The number of likely N-dealkylation sites (tertiary alicyclic amines) is 1. The molecule has 0 radical (unpaired) electrons. The van der Waals surface area contributed by atoms with Crippen LogP contribution in [0.25, 0.3) is 0 Å². The molecule has 0 amide bonds. The van der Waals surface area contributed by atoms with Crippen LogP contribution in [0.2, 0.25) is 0 Å². The van der Waals surface area contributed by atoms with Gasteiger partial charge in [-0.15, -0.1) is 0 Å². The van der Waals surface area contributed by atoms with Crippen LogP contribution >= 0.6 is 0 Å². The van der Waals surface area contributed by atoms with E-state index in [4.69, 9.17) is 14.2 Å². The minimum atomic E-state index is 0.356. The second-order valence-corrected chi connectivity index (χ2v) is 6.80. The molecular weight excluding hydrogens is 278 g/mol. The molecule has 2 saturated carbocycles. The first-order valence-electron chi connectivity index (χ1n) is 8.81. The molecule has 0 aromatic heterocycles. The van der Waals surface area contributed by atoms with Gasteiger partial charge in [-0.25, -0.2) is 0 Å². The van der Waals surface area contributed by atoms with Gasteiger partial charge in [0.2, 0.25) is 0 Å². The Morgan fingerprint density at radius 2 is 1.77 bits per heavy atom. The Balaban J connectivity index is 1.27. The number of piperidine rings is 1. The topological polar surface area (TPSA) is 30.9 Å². The fourth-order valence-electron chi connectivity index (χ4n) is 3.27. The van der Waals surface area contributed by atoms with E-state index >= 15 is 0 Å². The van der Waals surface area contributed by atoms with E-state index in [1.807, 2.05) is 0 Å². The van der Waals surface area contributed by atoms with Crippen LogP contribution in [0.4, 0.5) is 0 Å². The van der Waals surface area contributed by atoms with Gasteiger partial charge < -0.3 is 14.2 Å². The monoisotopic (exact) mass is 307 g/mol. The number of ether oxygens (including phenoxy) is 3. The van der Waals surface area contributed by atoms with Gasteiger partial charge in [0.05, 0.1) is 31.0 Å². The van der Waals surface area contributed by atoms with E-state index in [-0.39, 0.29) is 0 Å². The predicted octanol–water partition coefficient (Wildman–Crippen LogP) is 2.22. The summed E-state index contributed by atoms with van der Waals surface area (Å²) in [4.78, 5) is 2.42. The molecule has 1 atom stereocenters. The van der Waals surface area contributed by atoms with E-state index in [9.17, 15) is 0 Å². The van der Waals surface area contributed by atoms with Gasteiger partial charge in [0, 0.05) is 13.7 Å². The largest absolute Gasteiger partial charge is 0.381 e. The molecule has 3 aliphatic rings. The molecule has 0 bridgehead atoms. The zero-order valence-corrected chi connectivity index (χ0v) is 13.8. The molecule has 0 aromatic carbocycles. The number of rotatable bonds is 6. The van der Waals surface area contributed by atoms with Gasteiger partial charge in [0.15, 0.2) is 0 Å². The molecule has 0 spiro atoms. The van der Waals surface area contributed by atoms with Crippen LogP contribution in [0.1, 0.15) is 44.9 Å². The van der Waals surface area contributed by atoms with E-state index in [1.54, 1.807) is 7.11 Å². The van der Waals surface area contributed by atoms with Crippen LogP contribution in [0.3, 0.4) is 0 Å². The standard InChI is InChI=1S/C18H29NO3/c1-20-17-12-18(13-17)21-11-3-2-9-19-10-5-8-16(14-19)22-15-6-4-7-15/h15-18H,4-14H2,1H3/t16?,17-,18-. The summed E-state index contributed by atoms with van der Waals surface area (Å²) < 4.78 is 17.1. The fourth-order valence-corrected chi connectivity index (χ4v) is 3.27. The van der Waals surface area contributed by atoms with Crippen molar-refractivity contribution in [3.05, 3.63) is 0 Å². The Bertz CT molecular complexity index is 393. The van der Waals surface area contributed by atoms with E-state index in [2.05, 4.69) is 16.7 Å². The molecule has 0 aromatic rings. The summed E-state index contributed by atoms with van der Waals surface area (Å²) >= 11 is 0. The Morgan fingerprint density at radius 3 is 2.50 bits per heavy atom. The van der Waals surface area contributed by atoms with Crippen molar-refractivity contribution in [3.63, 3.8) is 0 Å². The third-order valence-corrected chi connectivity index (χ3v) is 5.10. The van der Waals surface area contributed by atoms with E-state index in [0.717, 1.165) is 32.5 Å². The number of nitrogens with zero attached hydrogens (tertiary/aromatic N) is 1. The number of hydrogen-bond donors (Lipinski definition) is 0. The smallest absolute Gasteiger partial charge is 0.108 e. The third-order valence-electron chi connectivity index (χ3n) is 5.10. The van der Waals surface area contributed by atoms with Gasteiger partial charge >= 0.3 is 0 Å². The quantitative estimate of drug-likeness (QED) is 0.704. The molecule has 4 heteroatoms. The molecule has 2 aliphatic carbocycles. The SMILES string of the molecule is CO[C@H]1C[C@H](OCC#CCN2CCCC(OC3CCC3)C2)C1. The highest BCUT2D eigenvalue weighted by molar-refractivity contribution is 5.02. The van der Waals surface area contributed by atoms with Crippen molar-refractivity contribution in [1.82, 2.24) is 4.90 Å². The van der Waals surface area contributed by atoms with Gasteiger partial charge in [-0.1, -0.05) is 11.8 Å². The first kappa shape index (κ1) is 16.3. The molecule has 1 aliphatic heterocycles. The Kier molecular flexibility index (Phi) is 6.14. The van der Waals surface area contributed by atoms with Crippen molar-refractivity contribution in [2.24, 2.45) is 0 Å². The molecular formula is C18H29NO3. The van der Waals surface area contributed by atoms with E-state index < -0.39 is 0 Å². The first-order valence-corrected chi connectivity index (χ1v) is 8.81. The molecule has 1 unspecified atom stereocenters. The maximum Gasteiger partial charge on any atom is 0.108 e. The normalized spacial score (nSPS) is 32.7. The summed E-state index contributed by atoms with van der Waals surface area (Å²) in [5.74, 6) is 6.40. The van der Waals surface area contributed by atoms with Crippen LogP contribution in [0.5, 0.6) is 0 Å². The third kappa shape index (κ3) is 4.70. The lowest BCUT2D eigenvalue weighted by Crippen LogP contribution is -2.42. The lowest BCUT2D eigenvalue weighted by molar-refractivity contribution is -0.0782. The highest BCUT2D eigenvalue weighted by atomic mass is 16.5. The van der Waals surface area contributed by atoms with Crippen LogP contribution < -0.4 is 0 Å². The maximum atomic E-state index is 6.13. The Labute approximate surface area is 134 Å². The van der Waals surface area contributed by atoms with Gasteiger partial charge in [0.25, 0.3) is 0 Å². The highest BCUT2D eigenvalue weighted by Crippen LogP contribution is 2.26. The Hall–Kier alpha value is -0.600. The molecule has 1 saturated heterocycles. The van der Waals surface area contributed by atoms with E-state index in [0.29, 0.717) is 31.0 Å². The second kappa shape index (κ2) is 8.31. The van der Waals surface area contributed by atoms with Gasteiger partial charge in [0.1, 0.15) is 6.61 Å². The van der Waals surface area contributed by atoms with Crippen molar-refractivity contribution in [2.75, 3.05) is 33.4 Å². The van der Waals surface area contributed by atoms with Gasteiger partial charge in [-0.3, -0.25) is 4.90 Å². The summed E-state index contributed by atoms with van der Waals surface area (Å²) in [5.41, 5.74) is 0. The second-order valence-electron chi connectivity index (χ2n) is 6.80. The van der Waals surface area contributed by atoms with Crippen molar-refractivity contribution in [2.45, 2.75) is 69.4 Å². The minimum Gasteiger partial charge on any atom is -0.381 e. The molecule has 3 fully saturated rings. The average molecular weight is 307 g/mol. The van der Waals surface area contributed by atoms with Crippen molar-refractivity contribution < 1.29 is 14.2 Å². The summed E-state index contributed by atoms with van der Waals surface area (Å²) in [6.07, 6.45) is 10.1. The molecule has 22 heavy (non-hydrogen) atoms. The molecule has 4 nitrogen and oxygen atoms in total. The molecule has 1 heterocycles. The lowest BCUT2D eigenvalue weighted by atomic mass is 9.92. The molecule has 0 N–H and O–H groups in total. The number of hydrogen-bond acceptors (Lipinski definition) is 4. The molecule has 124 valence electrons. The van der Waals surface area contributed by atoms with Crippen molar-refractivity contribution in [3.8, 4) is 11.8 Å². The first-order chi connectivity index (χ1) is 10.8. The van der Waals surface area contributed by atoms with Crippen molar-refractivity contribution >= 4 is 0 Å². The van der Waals surface area contributed by atoms with Crippen LogP contribution in [-0.2, 0) is 14.2 Å². The Morgan fingerprint density at radius 1 is 0.955 bits per heavy atom. The lowest BCUT2D eigenvalue weighted by Gasteiger charge is -2.36. The number of methoxy groups -OCH3 is 1. The van der Waals surface area contributed by atoms with Crippen LogP contribution in [-0.4, -0.2) is 62.7 Å². The minimum absolute atomic E-state index is 0.356. The molecule has 3 rings (SSSR count). The zero-order chi connectivity index (χ0) is 15.2. The summed E-state index contributed by atoms with van der Waals surface area (Å²) in [7, 11) is 1.77.